The third-order valence-corrected chi connectivity index (χ3v) is 3.58. The second-order valence-electron chi connectivity index (χ2n) is 4.20. The summed E-state index contributed by atoms with van der Waals surface area (Å²) >= 11 is 9.10. The highest BCUT2D eigenvalue weighted by atomic mass is 79.9. The molecular formula is C14H10BrClF3NO. The number of hydrogen-bond acceptors (Lipinski definition) is 2. The molecule has 0 bridgehead atoms. The smallest absolute Gasteiger partial charge is 0.416 e. The molecule has 0 atom stereocenters. The second kappa shape index (κ2) is 6.25. The monoisotopic (exact) mass is 379 g/mol. The highest BCUT2D eigenvalue weighted by Crippen LogP contribution is 2.36. The second-order valence-corrected chi connectivity index (χ2v) is 5.49. The van der Waals surface area contributed by atoms with Crippen LogP contribution in [0.5, 0.6) is 11.5 Å². The SMILES string of the molecule is NCc1cc(C(F)(F)F)ccc1Oc1ccc(Cl)cc1Br. The van der Waals surface area contributed by atoms with E-state index in [1.165, 1.54) is 6.07 Å². The molecule has 0 heterocycles. The molecule has 2 N–H and O–H groups in total. The van der Waals surface area contributed by atoms with E-state index in [2.05, 4.69) is 15.9 Å². The van der Waals surface area contributed by atoms with Crippen LogP contribution in [0.2, 0.25) is 5.02 Å². The molecule has 0 unspecified atom stereocenters. The molecule has 2 aromatic rings. The number of hydrogen-bond donors (Lipinski definition) is 1. The zero-order valence-electron chi connectivity index (χ0n) is 10.5. The van der Waals surface area contributed by atoms with Crippen molar-refractivity contribution in [2.45, 2.75) is 12.7 Å². The van der Waals surface area contributed by atoms with E-state index in [0.717, 1.165) is 12.1 Å². The van der Waals surface area contributed by atoms with Crippen LogP contribution in [0.1, 0.15) is 11.1 Å². The van der Waals surface area contributed by atoms with Crippen LogP contribution < -0.4 is 10.5 Å². The summed E-state index contributed by atoms with van der Waals surface area (Å²) in [7, 11) is 0. The van der Waals surface area contributed by atoms with Crippen molar-refractivity contribution in [3.63, 3.8) is 0 Å². The van der Waals surface area contributed by atoms with Crippen LogP contribution in [-0.2, 0) is 12.7 Å². The van der Waals surface area contributed by atoms with Crippen LogP contribution in [0.3, 0.4) is 0 Å². The first-order valence-electron chi connectivity index (χ1n) is 5.84. The van der Waals surface area contributed by atoms with Gasteiger partial charge in [0, 0.05) is 17.1 Å². The predicted molar refractivity (Wildman–Crippen MR) is 78.6 cm³/mol. The lowest BCUT2D eigenvalue weighted by Crippen LogP contribution is -2.08. The van der Waals surface area contributed by atoms with Crippen molar-refractivity contribution in [2.75, 3.05) is 0 Å². The maximum Gasteiger partial charge on any atom is 0.416 e. The van der Waals surface area contributed by atoms with Crippen molar-refractivity contribution in [3.8, 4) is 11.5 Å². The topological polar surface area (TPSA) is 35.2 Å². The van der Waals surface area contributed by atoms with Crippen LogP contribution in [0, 0.1) is 0 Å². The first-order chi connectivity index (χ1) is 9.81. The summed E-state index contributed by atoms with van der Waals surface area (Å²) in [5.41, 5.74) is 5.01. The molecule has 2 rings (SSSR count). The van der Waals surface area contributed by atoms with E-state index in [1.54, 1.807) is 18.2 Å². The molecule has 112 valence electrons. The van der Waals surface area contributed by atoms with Gasteiger partial charge in [0.25, 0.3) is 0 Å². The highest BCUT2D eigenvalue weighted by Gasteiger charge is 2.31. The van der Waals surface area contributed by atoms with Crippen LogP contribution in [0.4, 0.5) is 13.2 Å². The summed E-state index contributed by atoms with van der Waals surface area (Å²) < 4.78 is 44.2. The first kappa shape index (κ1) is 16.1. The Morgan fingerprint density at radius 2 is 1.76 bits per heavy atom. The molecule has 2 nitrogen and oxygen atoms in total. The zero-order valence-corrected chi connectivity index (χ0v) is 12.9. The van der Waals surface area contributed by atoms with Crippen molar-refractivity contribution in [1.29, 1.82) is 0 Å². The molecule has 0 aromatic heterocycles. The lowest BCUT2D eigenvalue weighted by Gasteiger charge is -2.14. The lowest BCUT2D eigenvalue weighted by atomic mass is 10.1. The molecule has 7 heteroatoms. The minimum atomic E-state index is -4.41. The van der Waals surface area contributed by atoms with E-state index >= 15 is 0 Å². The fourth-order valence-corrected chi connectivity index (χ4v) is 2.45. The van der Waals surface area contributed by atoms with Gasteiger partial charge in [0.1, 0.15) is 11.5 Å². The Morgan fingerprint density at radius 1 is 1.10 bits per heavy atom. The minimum absolute atomic E-state index is 0.0650. The summed E-state index contributed by atoms with van der Waals surface area (Å²) in [6.07, 6.45) is -4.41. The van der Waals surface area contributed by atoms with Gasteiger partial charge in [0.2, 0.25) is 0 Å². The highest BCUT2D eigenvalue weighted by molar-refractivity contribution is 9.10. The predicted octanol–water partition coefficient (Wildman–Crippen LogP) is 5.37. The van der Waals surface area contributed by atoms with Crippen LogP contribution in [0.15, 0.2) is 40.9 Å². The summed E-state index contributed by atoms with van der Waals surface area (Å²) in [6.45, 7) is -0.0650. The Labute approximate surface area is 132 Å². The Hall–Kier alpha value is -1.24. The third-order valence-electron chi connectivity index (χ3n) is 2.72. The Balaban J connectivity index is 2.36. The summed E-state index contributed by atoms with van der Waals surface area (Å²) in [4.78, 5) is 0. The van der Waals surface area contributed by atoms with Crippen molar-refractivity contribution in [2.24, 2.45) is 5.73 Å². The van der Waals surface area contributed by atoms with Gasteiger partial charge in [0.15, 0.2) is 0 Å². The minimum Gasteiger partial charge on any atom is -0.456 e. The van der Waals surface area contributed by atoms with Gasteiger partial charge in [-0.1, -0.05) is 11.6 Å². The molecular weight excluding hydrogens is 371 g/mol. The van der Waals surface area contributed by atoms with E-state index in [9.17, 15) is 13.2 Å². The third kappa shape index (κ3) is 3.90. The quantitative estimate of drug-likeness (QED) is 0.777. The average molecular weight is 381 g/mol. The van der Waals surface area contributed by atoms with Gasteiger partial charge in [0.05, 0.1) is 10.0 Å². The van der Waals surface area contributed by atoms with Gasteiger partial charge < -0.3 is 10.5 Å². The van der Waals surface area contributed by atoms with E-state index in [0.29, 0.717) is 15.2 Å². The number of alkyl halides is 3. The number of ether oxygens (including phenoxy) is 1. The van der Waals surface area contributed by atoms with Crippen LogP contribution >= 0.6 is 27.5 Å². The van der Waals surface area contributed by atoms with Crippen molar-refractivity contribution < 1.29 is 17.9 Å². The van der Waals surface area contributed by atoms with E-state index in [-0.39, 0.29) is 17.9 Å². The number of rotatable bonds is 3. The zero-order chi connectivity index (χ0) is 15.6. The number of halogens is 5. The molecule has 2 aromatic carbocycles. The average Bonchev–Trinajstić information content (AvgIpc) is 2.41. The Kier molecular flexibility index (Phi) is 4.81. The molecule has 0 fully saturated rings. The van der Waals surface area contributed by atoms with Gasteiger partial charge >= 0.3 is 6.18 Å². The van der Waals surface area contributed by atoms with Crippen molar-refractivity contribution in [3.05, 3.63) is 57.0 Å². The molecule has 0 saturated heterocycles. The summed E-state index contributed by atoms with van der Waals surface area (Å²) in [5, 5.41) is 0.515. The molecule has 0 radical (unpaired) electrons. The number of nitrogens with two attached hydrogens (primary N) is 1. The molecule has 0 amide bonds. The molecule has 0 aliphatic heterocycles. The number of benzene rings is 2. The van der Waals surface area contributed by atoms with Gasteiger partial charge in [-0.3, -0.25) is 0 Å². The first-order valence-corrected chi connectivity index (χ1v) is 7.01. The normalized spacial score (nSPS) is 11.5. The standard InChI is InChI=1S/C14H10BrClF3NO/c15-11-6-10(16)2-4-13(11)21-12-3-1-9(14(17,18)19)5-8(12)7-20/h1-6H,7,20H2. The molecule has 0 aliphatic carbocycles. The molecule has 21 heavy (non-hydrogen) atoms. The lowest BCUT2D eigenvalue weighted by molar-refractivity contribution is -0.137. The Bertz CT molecular complexity index is 661. The molecule has 0 aliphatic rings. The summed E-state index contributed by atoms with van der Waals surface area (Å²) in [6, 6.07) is 8.06. The van der Waals surface area contributed by atoms with Gasteiger partial charge in [-0.05, 0) is 52.3 Å². The van der Waals surface area contributed by atoms with Crippen molar-refractivity contribution >= 4 is 27.5 Å². The van der Waals surface area contributed by atoms with Gasteiger partial charge in [-0.25, -0.2) is 0 Å². The maximum atomic E-state index is 12.7. The fourth-order valence-electron chi connectivity index (χ4n) is 1.69. The Morgan fingerprint density at radius 3 is 2.33 bits per heavy atom. The molecule has 0 saturated carbocycles. The van der Waals surface area contributed by atoms with Crippen LogP contribution in [-0.4, -0.2) is 0 Å². The maximum absolute atomic E-state index is 12.7. The van der Waals surface area contributed by atoms with Crippen LogP contribution in [0.25, 0.3) is 0 Å². The largest absolute Gasteiger partial charge is 0.456 e. The van der Waals surface area contributed by atoms with Gasteiger partial charge in [-0.15, -0.1) is 0 Å². The van der Waals surface area contributed by atoms with E-state index in [4.69, 9.17) is 22.1 Å². The molecule has 0 spiro atoms. The van der Waals surface area contributed by atoms with Gasteiger partial charge in [-0.2, -0.15) is 13.2 Å². The van der Waals surface area contributed by atoms with E-state index in [1.807, 2.05) is 0 Å². The summed E-state index contributed by atoms with van der Waals surface area (Å²) in [5.74, 6) is 0.711. The fraction of sp³-hybridized carbons (Fsp3) is 0.143. The van der Waals surface area contributed by atoms with Crippen molar-refractivity contribution in [1.82, 2.24) is 0 Å². The van der Waals surface area contributed by atoms with E-state index < -0.39 is 11.7 Å².